The molecule has 134 valence electrons. The number of aryl methyl sites for hydroxylation is 1. The first-order valence-corrected chi connectivity index (χ1v) is 8.20. The Kier molecular flexibility index (Phi) is 5.85. The summed E-state index contributed by atoms with van der Waals surface area (Å²) in [7, 11) is 1.32. The topological polar surface area (TPSA) is 80.4 Å². The van der Waals surface area contributed by atoms with Gasteiger partial charge >= 0.3 is 5.97 Å². The van der Waals surface area contributed by atoms with E-state index in [0.717, 1.165) is 5.69 Å². The van der Waals surface area contributed by atoms with Gasteiger partial charge < -0.3 is 19.8 Å². The summed E-state index contributed by atoms with van der Waals surface area (Å²) >= 11 is 0. The first-order chi connectivity index (χ1) is 11.9. The molecular formula is C19H24N2O4. The van der Waals surface area contributed by atoms with E-state index in [2.05, 4.69) is 10.3 Å². The van der Waals surface area contributed by atoms with E-state index in [0.29, 0.717) is 34.9 Å². The summed E-state index contributed by atoms with van der Waals surface area (Å²) in [6.07, 6.45) is 0. The Labute approximate surface area is 147 Å². The molecule has 0 saturated heterocycles. The van der Waals surface area contributed by atoms with Crippen LogP contribution in [0.25, 0.3) is 0 Å². The van der Waals surface area contributed by atoms with Gasteiger partial charge in [-0.25, -0.2) is 4.79 Å². The molecule has 0 fully saturated rings. The minimum atomic E-state index is -0.496. The van der Waals surface area contributed by atoms with Crippen molar-refractivity contribution in [2.24, 2.45) is 0 Å². The molecule has 2 rings (SSSR count). The number of hydrogen-bond acceptors (Lipinski definition) is 5. The van der Waals surface area contributed by atoms with Crippen LogP contribution in [-0.2, 0) is 4.74 Å². The van der Waals surface area contributed by atoms with Crippen molar-refractivity contribution in [2.75, 3.05) is 19.0 Å². The number of carbonyl (C=O) groups is 2. The third-order valence-corrected chi connectivity index (χ3v) is 4.03. The Morgan fingerprint density at radius 3 is 2.56 bits per heavy atom. The third-order valence-electron chi connectivity index (χ3n) is 4.03. The number of methoxy groups -OCH3 is 1. The van der Waals surface area contributed by atoms with Crippen molar-refractivity contribution in [2.45, 2.75) is 33.7 Å². The number of nitrogens with one attached hydrogen (secondary N) is 2. The molecular weight excluding hydrogens is 320 g/mol. The van der Waals surface area contributed by atoms with Crippen LogP contribution in [0.15, 0.2) is 24.3 Å². The maximum absolute atomic E-state index is 12.8. The number of aromatic amines is 1. The molecule has 1 aromatic heterocycles. The number of anilines is 1. The second-order valence-corrected chi connectivity index (χ2v) is 5.78. The van der Waals surface area contributed by atoms with Crippen LogP contribution in [0.5, 0.6) is 5.75 Å². The fraction of sp³-hybridized carbons (Fsp3) is 0.368. The summed E-state index contributed by atoms with van der Waals surface area (Å²) in [6.45, 7) is 7.71. The average molecular weight is 344 g/mol. The molecule has 1 atom stereocenters. The summed E-state index contributed by atoms with van der Waals surface area (Å²) in [6, 6.07) is 6.97. The number of carbonyl (C=O) groups excluding carboxylic acids is 2. The fourth-order valence-corrected chi connectivity index (χ4v) is 2.79. The van der Waals surface area contributed by atoms with E-state index in [1.165, 1.54) is 7.11 Å². The van der Waals surface area contributed by atoms with Crippen molar-refractivity contribution in [3.8, 4) is 5.75 Å². The highest BCUT2D eigenvalue weighted by Gasteiger charge is 2.25. The number of benzene rings is 1. The molecule has 0 aliphatic carbocycles. The van der Waals surface area contributed by atoms with Crippen LogP contribution in [0, 0.1) is 13.8 Å². The Morgan fingerprint density at radius 1 is 1.24 bits per heavy atom. The standard InChI is InChI=1S/C19H24N2O4/c1-6-25-15-10-8-7-9-14(15)20-13(4)18(22)17-11(2)16(12(3)21-17)19(23)24-5/h7-10,13,20-21H,6H2,1-5H3/t13-/m0/s1. The van der Waals surface area contributed by atoms with Gasteiger partial charge in [-0.3, -0.25) is 4.79 Å². The van der Waals surface area contributed by atoms with Crippen molar-refractivity contribution >= 4 is 17.4 Å². The second-order valence-electron chi connectivity index (χ2n) is 5.78. The Hall–Kier alpha value is -2.76. The summed E-state index contributed by atoms with van der Waals surface area (Å²) in [5, 5.41) is 3.18. The largest absolute Gasteiger partial charge is 0.492 e. The smallest absolute Gasteiger partial charge is 0.339 e. The third kappa shape index (κ3) is 3.84. The molecule has 0 aliphatic heterocycles. The highest BCUT2D eigenvalue weighted by atomic mass is 16.5. The van der Waals surface area contributed by atoms with Crippen LogP contribution >= 0.6 is 0 Å². The minimum Gasteiger partial charge on any atom is -0.492 e. The van der Waals surface area contributed by atoms with E-state index < -0.39 is 12.0 Å². The highest BCUT2D eigenvalue weighted by molar-refractivity contribution is 6.04. The first-order valence-electron chi connectivity index (χ1n) is 8.20. The van der Waals surface area contributed by atoms with Crippen molar-refractivity contribution < 1.29 is 19.1 Å². The Bertz CT molecular complexity index is 780. The summed E-state index contributed by atoms with van der Waals surface area (Å²) in [5.74, 6) is 0.106. The van der Waals surface area contributed by atoms with Crippen molar-refractivity contribution in [3.63, 3.8) is 0 Å². The summed E-state index contributed by atoms with van der Waals surface area (Å²) in [4.78, 5) is 27.7. The van der Waals surface area contributed by atoms with Crippen LogP contribution in [0.3, 0.4) is 0 Å². The molecule has 0 aliphatic rings. The van der Waals surface area contributed by atoms with Gasteiger partial charge in [-0.1, -0.05) is 12.1 Å². The number of ether oxygens (including phenoxy) is 2. The van der Waals surface area contributed by atoms with E-state index in [9.17, 15) is 9.59 Å². The molecule has 0 saturated carbocycles. The van der Waals surface area contributed by atoms with Crippen LogP contribution < -0.4 is 10.1 Å². The molecule has 0 spiro atoms. The van der Waals surface area contributed by atoms with E-state index in [4.69, 9.17) is 9.47 Å². The monoisotopic (exact) mass is 344 g/mol. The van der Waals surface area contributed by atoms with Gasteiger partial charge in [-0.2, -0.15) is 0 Å². The SMILES string of the molecule is CCOc1ccccc1N[C@@H](C)C(=O)c1[nH]c(C)c(C(=O)OC)c1C. The molecule has 1 aromatic carbocycles. The molecule has 6 nitrogen and oxygen atoms in total. The first kappa shape index (κ1) is 18.6. The maximum atomic E-state index is 12.8. The molecule has 0 bridgehead atoms. The van der Waals surface area contributed by atoms with Gasteiger partial charge in [0.2, 0.25) is 5.78 Å². The lowest BCUT2D eigenvalue weighted by atomic mass is 10.0. The van der Waals surface area contributed by atoms with Gasteiger partial charge in [0.1, 0.15) is 5.75 Å². The molecule has 0 unspecified atom stereocenters. The molecule has 0 radical (unpaired) electrons. The van der Waals surface area contributed by atoms with Gasteiger partial charge in [0.05, 0.1) is 36.7 Å². The van der Waals surface area contributed by atoms with Crippen molar-refractivity contribution in [3.05, 3.63) is 46.8 Å². The predicted octanol–water partition coefficient (Wildman–Crippen LogP) is 3.50. The lowest BCUT2D eigenvalue weighted by Crippen LogP contribution is -2.27. The summed E-state index contributed by atoms with van der Waals surface area (Å²) in [5.41, 5.74) is 2.79. The zero-order valence-corrected chi connectivity index (χ0v) is 15.2. The Balaban J connectivity index is 2.25. The molecule has 1 heterocycles. The minimum absolute atomic E-state index is 0.137. The molecule has 2 aromatic rings. The van der Waals surface area contributed by atoms with E-state index in [1.807, 2.05) is 31.2 Å². The van der Waals surface area contributed by atoms with Gasteiger partial charge in [0.25, 0.3) is 0 Å². The van der Waals surface area contributed by atoms with Crippen LogP contribution in [0.1, 0.15) is 46.0 Å². The van der Waals surface area contributed by atoms with E-state index in [-0.39, 0.29) is 5.78 Å². The number of H-pyrrole nitrogens is 1. The number of esters is 1. The number of aromatic nitrogens is 1. The van der Waals surface area contributed by atoms with Crippen LogP contribution in [0.4, 0.5) is 5.69 Å². The lowest BCUT2D eigenvalue weighted by Gasteiger charge is -2.17. The number of para-hydroxylation sites is 2. The number of rotatable bonds is 7. The molecule has 25 heavy (non-hydrogen) atoms. The number of hydrogen-bond donors (Lipinski definition) is 2. The van der Waals surface area contributed by atoms with Crippen LogP contribution in [0.2, 0.25) is 0 Å². The van der Waals surface area contributed by atoms with Gasteiger partial charge in [0, 0.05) is 5.69 Å². The average Bonchev–Trinajstić information content (AvgIpc) is 2.90. The highest BCUT2D eigenvalue weighted by Crippen LogP contribution is 2.26. The van der Waals surface area contributed by atoms with Gasteiger partial charge in [-0.05, 0) is 45.4 Å². The summed E-state index contributed by atoms with van der Waals surface area (Å²) < 4.78 is 10.4. The fourth-order valence-electron chi connectivity index (χ4n) is 2.79. The zero-order chi connectivity index (χ0) is 18.6. The molecule has 6 heteroatoms. The second kappa shape index (κ2) is 7.88. The molecule has 2 N–H and O–H groups in total. The van der Waals surface area contributed by atoms with E-state index in [1.54, 1.807) is 20.8 Å². The molecule has 0 amide bonds. The Morgan fingerprint density at radius 2 is 1.92 bits per heavy atom. The van der Waals surface area contributed by atoms with Crippen molar-refractivity contribution in [1.29, 1.82) is 0 Å². The maximum Gasteiger partial charge on any atom is 0.339 e. The van der Waals surface area contributed by atoms with E-state index >= 15 is 0 Å². The number of ketones is 1. The number of Topliss-reactive ketones (excluding diaryl/α,β-unsaturated/α-hetero) is 1. The van der Waals surface area contributed by atoms with Gasteiger partial charge in [0.15, 0.2) is 0 Å². The van der Waals surface area contributed by atoms with Crippen LogP contribution in [-0.4, -0.2) is 36.5 Å². The quantitative estimate of drug-likeness (QED) is 0.593. The zero-order valence-electron chi connectivity index (χ0n) is 15.2. The normalized spacial score (nSPS) is 11.7. The van der Waals surface area contributed by atoms with Gasteiger partial charge in [-0.15, -0.1) is 0 Å². The lowest BCUT2D eigenvalue weighted by molar-refractivity contribution is 0.0599. The predicted molar refractivity (Wildman–Crippen MR) is 96.6 cm³/mol. The van der Waals surface area contributed by atoms with Crippen molar-refractivity contribution in [1.82, 2.24) is 4.98 Å².